The number of aryl methyl sites for hydroxylation is 2. The Hall–Kier alpha value is -2.22. The zero-order chi connectivity index (χ0) is 14.3. The highest BCUT2D eigenvalue weighted by molar-refractivity contribution is 5.92. The molecule has 0 spiro atoms. The van der Waals surface area contributed by atoms with Crippen LogP contribution in [0, 0.1) is 27.7 Å². The number of rotatable bonds is 1. The third-order valence-electron chi connectivity index (χ3n) is 4.06. The zero-order valence-corrected chi connectivity index (χ0v) is 12.4. The molecule has 0 radical (unpaired) electrons. The van der Waals surface area contributed by atoms with Gasteiger partial charge in [0.05, 0.1) is 11.2 Å². The first kappa shape index (κ1) is 12.8. The van der Waals surface area contributed by atoms with E-state index in [-0.39, 0.29) is 0 Å². The Kier molecular flexibility index (Phi) is 3.01. The summed E-state index contributed by atoms with van der Waals surface area (Å²) >= 11 is 0. The Morgan fingerprint density at radius 3 is 2.40 bits per heavy atom. The van der Waals surface area contributed by atoms with Crippen molar-refractivity contribution in [1.29, 1.82) is 0 Å². The Bertz CT molecular complexity index is 804. The van der Waals surface area contributed by atoms with Crippen LogP contribution in [0.25, 0.3) is 22.2 Å². The number of aromatic nitrogens is 2. The van der Waals surface area contributed by atoms with Crippen molar-refractivity contribution in [3.05, 3.63) is 58.9 Å². The van der Waals surface area contributed by atoms with E-state index in [0.717, 1.165) is 22.3 Å². The third kappa shape index (κ3) is 1.97. The molecule has 2 aromatic heterocycles. The molecule has 0 saturated carbocycles. The molecule has 3 aromatic rings. The smallest absolute Gasteiger partial charge is 0.0968 e. The van der Waals surface area contributed by atoms with Gasteiger partial charge in [-0.25, -0.2) is 0 Å². The maximum Gasteiger partial charge on any atom is 0.0968 e. The van der Waals surface area contributed by atoms with E-state index in [9.17, 15) is 0 Å². The molecular formula is C18H18N2. The lowest BCUT2D eigenvalue weighted by atomic mass is 9.96. The van der Waals surface area contributed by atoms with E-state index < -0.39 is 0 Å². The van der Waals surface area contributed by atoms with Crippen LogP contribution in [0.1, 0.15) is 22.4 Å². The molecule has 0 atom stereocenters. The van der Waals surface area contributed by atoms with Crippen LogP contribution >= 0.6 is 0 Å². The Balaban J connectivity index is 2.35. The van der Waals surface area contributed by atoms with Gasteiger partial charge < -0.3 is 0 Å². The van der Waals surface area contributed by atoms with Crippen LogP contribution in [0.2, 0.25) is 0 Å². The molecule has 20 heavy (non-hydrogen) atoms. The fraction of sp³-hybridized carbons (Fsp3) is 0.222. The van der Waals surface area contributed by atoms with E-state index in [1.54, 1.807) is 0 Å². The van der Waals surface area contributed by atoms with Gasteiger partial charge in [-0.2, -0.15) is 0 Å². The van der Waals surface area contributed by atoms with Gasteiger partial charge in [-0.3, -0.25) is 9.97 Å². The van der Waals surface area contributed by atoms with Crippen LogP contribution in [0.15, 0.2) is 36.5 Å². The van der Waals surface area contributed by atoms with Gasteiger partial charge in [-0.05, 0) is 56.5 Å². The molecule has 0 N–H and O–H groups in total. The zero-order valence-electron chi connectivity index (χ0n) is 12.4. The number of nitrogens with zero attached hydrogens (tertiary/aromatic N) is 2. The highest BCUT2D eigenvalue weighted by Crippen LogP contribution is 2.30. The summed E-state index contributed by atoms with van der Waals surface area (Å²) in [6.07, 6.45) is 1.86. The Labute approximate surface area is 119 Å². The minimum atomic E-state index is 0.979. The molecule has 2 heteroatoms. The molecule has 0 unspecified atom stereocenters. The van der Waals surface area contributed by atoms with Gasteiger partial charge in [0.15, 0.2) is 0 Å². The lowest BCUT2D eigenvalue weighted by Crippen LogP contribution is -1.95. The van der Waals surface area contributed by atoms with E-state index in [1.807, 2.05) is 25.3 Å². The van der Waals surface area contributed by atoms with Crippen molar-refractivity contribution in [3.8, 4) is 11.3 Å². The summed E-state index contributed by atoms with van der Waals surface area (Å²) in [6.45, 7) is 8.49. The van der Waals surface area contributed by atoms with Gasteiger partial charge in [-0.1, -0.05) is 18.2 Å². The summed E-state index contributed by atoms with van der Waals surface area (Å²) in [4.78, 5) is 9.27. The summed E-state index contributed by atoms with van der Waals surface area (Å²) in [6, 6.07) is 10.5. The van der Waals surface area contributed by atoms with Crippen LogP contribution in [-0.4, -0.2) is 9.97 Å². The van der Waals surface area contributed by atoms with Crippen LogP contribution in [-0.2, 0) is 0 Å². The molecule has 0 aliphatic heterocycles. The van der Waals surface area contributed by atoms with Crippen molar-refractivity contribution in [3.63, 3.8) is 0 Å². The molecular weight excluding hydrogens is 244 g/mol. The monoisotopic (exact) mass is 262 g/mol. The third-order valence-corrected chi connectivity index (χ3v) is 4.06. The first-order valence-electron chi connectivity index (χ1n) is 6.87. The highest BCUT2D eigenvalue weighted by atomic mass is 14.8. The first-order chi connectivity index (χ1) is 9.58. The van der Waals surface area contributed by atoms with Crippen molar-refractivity contribution in [2.75, 3.05) is 0 Å². The Morgan fingerprint density at radius 2 is 1.60 bits per heavy atom. The summed E-state index contributed by atoms with van der Waals surface area (Å²) in [7, 11) is 0. The number of pyridine rings is 2. The number of benzene rings is 1. The summed E-state index contributed by atoms with van der Waals surface area (Å²) in [5, 5.41) is 1.14. The van der Waals surface area contributed by atoms with Gasteiger partial charge in [0.2, 0.25) is 0 Å². The molecule has 3 rings (SSSR count). The van der Waals surface area contributed by atoms with Crippen LogP contribution in [0.3, 0.4) is 0 Å². The molecule has 0 amide bonds. The molecule has 2 nitrogen and oxygen atoms in total. The fourth-order valence-corrected chi connectivity index (χ4v) is 2.55. The van der Waals surface area contributed by atoms with Gasteiger partial charge >= 0.3 is 0 Å². The van der Waals surface area contributed by atoms with Crippen LogP contribution in [0.5, 0.6) is 0 Å². The average Bonchev–Trinajstić information content (AvgIpc) is 2.45. The first-order valence-corrected chi connectivity index (χ1v) is 6.87. The fourth-order valence-electron chi connectivity index (χ4n) is 2.55. The maximum absolute atomic E-state index is 4.68. The predicted molar refractivity (Wildman–Crippen MR) is 83.9 cm³/mol. The summed E-state index contributed by atoms with van der Waals surface area (Å²) in [5.74, 6) is 0. The second kappa shape index (κ2) is 4.71. The Morgan fingerprint density at radius 1 is 0.800 bits per heavy atom. The van der Waals surface area contributed by atoms with Crippen molar-refractivity contribution >= 4 is 10.9 Å². The summed E-state index contributed by atoms with van der Waals surface area (Å²) < 4.78 is 0. The minimum absolute atomic E-state index is 0.979. The van der Waals surface area contributed by atoms with Gasteiger partial charge in [0, 0.05) is 22.8 Å². The normalized spacial score (nSPS) is 11.0. The lowest BCUT2D eigenvalue weighted by molar-refractivity contribution is 1.21. The maximum atomic E-state index is 4.68. The lowest BCUT2D eigenvalue weighted by Gasteiger charge is -2.12. The molecule has 0 fully saturated rings. The molecule has 2 heterocycles. The van der Waals surface area contributed by atoms with Gasteiger partial charge in [0.25, 0.3) is 0 Å². The van der Waals surface area contributed by atoms with Crippen molar-refractivity contribution in [2.24, 2.45) is 0 Å². The van der Waals surface area contributed by atoms with Crippen molar-refractivity contribution in [1.82, 2.24) is 9.97 Å². The molecule has 0 aliphatic carbocycles. The molecule has 0 saturated heterocycles. The van der Waals surface area contributed by atoms with Crippen molar-refractivity contribution < 1.29 is 0 Å². The van der Waals surface area contributed by atoms with E-state index in [4.69, 9.17) is 0 Å². The second-order valence-corrected chi connectivity index (χ2v) is 5.36. The average molecular weight is 262 g/mol. The van der Waals surface area contributed by atoms with E-state index in [2.05, 4.69) is 48.9 Å². The van der Waals surface area contributed by atoms with Crippen LogP contribution < -0.4 is 0 Å². The van der Waals surface area contributed by atoms with Gasteiger partial charge in [-0.15, -0.1) is 0 Å². The molecule has 0 aliphatic rings. The number of fused-ring (bicyclic) bond motifs is 1. The van der Waals surface area contributed by atoms with Crippen LogP contribution in [0.4, 0.5) is 0 Å². The molecule has 1 aromatic carbocycles. The topological polar surface area (TPSA) is 25.8 Å². The standard InChI is InChI=1S/C18H18N2/c1-11-5-8-16(14(4)13(11)3)18-17-15(9-10-19-18)7-6-12(2)20-17/h5-10H,1-4H3. The van der Waals surface area contributed by atoms with Crippen molar-refractivity contribution in [2.45, 2.75) is 27.7 Å². The summed E-state index contributed by atoms with van der Waals surface area (Å²) in [5.41, 5.74) is 8.09. The highest BCUT2D eigenvalue weighted by Gasteiger charge is 2.11. The minimum Gasteiger partial charge on any atom is -0.254 e. The van der Waals surface area contributed by atoms with E-state index in [1.165, 1.54) is 22.3 Å². The predicted octanol–water partition coefficient (Wildman–Crippen LogP) is 4.53. The number of hydrogen-bond donors (Lipinski definition) is 0. The molecule has 0 bridgehead atoms. The second-order valence-electron chi connectivity index (χ2n) is 5.36. The quantitative estimate of drug-likeness (QED) is 0.644. The SMILES string of the molecule is Cc1ccc2ccnc(-c3ccc(C)c(C)c3C)c2n1. The van der Waals surface area contributed by atoms with E-state index in [0.29, 0.717) is 0 Å². The molecule has 100 valence electrons. The number of hydrogen-bond acceptors (Lipinski definition) is 2. The van der Waals surface area contributed by atoms with E-state index >= 15 is 0 Å². The largest absolute Gasteiger partial charge is 0.254 e. The van der Waals surface area contributed by atoms with Gasteiger partial charge in [0.1, 0.15) is 0 Å².